The molecule has 1 atom stereocenters. The lowest BCUT2D eigenvalue weighted by Gasteiger charge is -2.25. The Bertz CT molecular complexity index is 1120. The number of nitrogens with zero attached hydrogens (tertiary/aromatic N) is 2. The highest BCUT2D eigenvalue weighted by Gasteiger charge is 2.50. The van der Waals surface area contributed by atoms with Gasteiger partial charge in [0.1, 0.15) is 12.1 Å². The lowest BCUT2D eigenvalue weighted by Crippen LogP contribution is -2.44. The van der Waals surface area contributed by atoms with E-state index in [1.54, 1.807) is 11.8 Å². The van der Waals surface area contributed by atoms with Crippen LogP contribution in [0.4, 0.5) is 10.5 Å². The van der Waals surface area contributed by atoms with Crippen LogP contribution in [0.3, 0.4) is 0 Å². The first kappa shape index (κ1) is 19.6. The van der Waals surface area contributed by atoms with Gasteiger partial charge in [-0.15, -0.1) is 0 Å². The minimum absolute atomic E-state index is 0.311. The first-order valence-corrected chi connectivity index (χ1v) is 9.93. The lowest BCUT2D eigenvalue weighted by molar-refractivity contribution is -0.134. The van der Waals surface area contributed by atoms with E-state index in [0.29, 0.717) is 12.1 Å². The minimum Gasteiger partial charge on any atom is -0.319 e. The van der Waals surface area contributed by atoms with E-state index in [2.05, 4.69) is 5.32 Å². The van der Waals surface area contributed by atoms with Crippen LogP contribution in [0.25, 0.3) is 10.8 Å². The number of hydrogen-bond donors (Lipinski definition) is 1. The Morgan fingerprint density at radius 2 is 1.63 bits per heavy atom. The van der Waals surface area contributed by atoms with Crippen LogP contribution < -0.4 is 10.2 Å². The average Bonchev–Trinajstić information content (AvgIpc) is 2.98. The van der Waals surface area contributed by atoms with Crippen LogP contribution in [0.2, 0.25) is 0 Å². The molecular formula is C24H23N3O3. The normalized spacial score (nSPS) is 18.5. The first-order valence-electron chi connectivity index (χ1n) is 9.93. The standard InChI is InChI=1S/C24H23N3O3/c1-3-26(18-12-5-4-6-13-18)21(28)16-27-22(29)24(2,25-23(27)30)20-15-9-11-17-10-7-8-14-19(17)20/h4-15H,3,16H2,1-2H3,(H,25,30). The Labute approximate surface area is 175 Å². The number of benzene rings is 3. The predicted molar refractivity (Wildman–Crippen MR) is 116 cm³/mol. The molecular weight excluding hydrogens is 378 g/mol. The third-order valence-electron chi connectivity index (χ3n) is 5.58. The van der Waals surface area contributed by atoms with Crippen LogP contribution in [0.1, 0.15) is 19.4 Å². The number of nitrogens with one attached hydrogen (secondary N) is 1. The van der Waals surface area contributed by atoms with Crippen molar-refractivity contribution in [2.75, 3.05) is 18.0 Å². The summed E-state index contributed by atoms with van der Waals surface area (Å²) in [6.07, 6.45) is 0. The van der Waals surface area contributed by atoms with Crippen molar-refractivity contribution in [3.05, 3.63) is 78.4 Å². The van der Waals surface area contributed by atoms with Crippen LogP contribution in [-0.4, -0.2) is 35.8 Å². The van der Waals surface area contributed by atoms with Gasteiger partial charge in [-0.2, -0.15) is 0 Å². The number of carbonyl (C=O) groups excluding carboxylic acids is 3. The van der Waals surface area contributed by atoms with Gasteiger partial charge in [0, 0.05) is 12.2 Å². The fourth-order valence-corrected chi connectivity index (χ4v) is 4.02. The quantitative estimate of drug-likeness (QED) is 0.664. The highest BCUT2D eigenvalue weighted by molar-refractivity contribution is 6.12. The van der Waals surface area contributed by atoms with Crippen molar-refractivity contribution in [2.24, 2.45) is 0 Å². The summed E-state index contributed by atoms with van der Waals surface area (Å²) >= 11 is 0. The van der Waals surface area contributed by atoms with Gasteiger partial charge in [0.25, 0.3) is 5.91 Å². The molecule has 1 aliphatic rings. The van der Waals surface area contributed by atoms with Crippen LogP contribution in [0.5, 0.6) is 0 Å². The third-order valence-corrected chi connectivity index (χ3v) is 5.58. The second-order valence-electron chi connectivity index (χ2n) is 7.45. The number of likely N-dealkylation sites (N-methyl/N-ethyl adjacent to an activating group) is 1. The molecule has 1 fully saturated rings. The third kappa shape index (κ3) is 3.20. The van der Waals surface area contributed by atoms with E-state index >= 15 is 0 Å². The largest absolute Gasteiger partial charge is 0.325 e. The highest BCUT2D eigenvalue weighted by atomic mass is 16.2. The van der Waals surface area contributed by atoms with Crippen LogP contribution in [-0.2, 0) is 15.1 Å². The maximum atomic E-state index is 13.3. The number of para-hydroxylation sites is 1. The molecule has 3 aromatic rings. The molecule has 0 radical (unpaired) electrons. The second kappa shape index (κ2) is 7.63. The van der Waals surface area contributed by atoms with Gasteiger partial charge < -0.3 is 10.2 Å². The molecule has 1 saturated heterocycles. The van der Waals surface area contributed by atoms with Gasteiger partial charge in [0.05, 0.1) is 0 Å². The Balaban J connectivity index is 1.63. The number of rotatable bonds is 5. The zero-order valence-electron chi connectivity index (χ0n) is 17.0. The van der Waals surface area contributed by atoms with Gasteiger partial charge in [0.2, 0.25) is 5.91 Å². The SMILES string of the molecule is CCN(C(=O)CN1C(=O)NC(C)(c2cccc3ccccc23)C1=O)c1ccccc1. The summed E-state index contributed by atoms with van der Waals surface area (Å²) in [7, 11) is 0. The second-order valence-corrected chi connectivity index (χ2v) is 7.45. The predicted octanol–water partition coefficient (Wildman–Crippen LogP) is 3.66. The number of hydrogen-bond acceptors (Lipinski definition) is 3. The summed E-state index contributed by atoms with van der Waals surface area (Å²) in [4.78, 5) is 41.6. The number of fused-ring (bicyclic) bond motifs is 1. The molecule has 0 spiro atoms. The van der Waals surface area contributed by atoms with Crippen molar-refractivity contribution in [1.82, 2.24) is 10.2 Å². The van der Waals surface area contributed by atoms with Crippen LogP contribution >= 0.6 is 0 Å². The van der Waals surface area contributed by atoms with Crippen molar-refractivity contribution >= 4 is 34.3 Å². The highest BCUT2D eigenvalue weighted by Crippen LogP contribution is 2.33. The van der Waals surface area contributed by atoms with Crippen molar-refractivity contribution < 1.29 is 14.4 Å². The van der Waals surface area contributed by atoms with E-state index in [4.69, 9.17) is 0 Å². The van der Waals surface area contributed by atoms with Gasteiger partial charge in [-0.3, -0.25) is 14.5 Å². The van der Waals surface area contributed by atoms with Crippen molar-refractivity contribution in [3.8, 4) is 0 Å². The molecule has 6 nitrogen and oxygen atoms in total. The molecule has 1 unspecified atom stereocenters. The maximum absolute atomic E-state index is 13.3. The monoisotopic (exact) mass is 401 g/mol. The molecule has 4 rings (SSSR count). The summed E-state index contributed by atoms with van der Waals surface area (Å²) in [5.41, 5.74) is 0.209. The Kier molecular flexibility index (Phi) is 4.99. The minimum atomic E-state index is -1.23. The number of carbonyl (C=O) groups is 3. The zero-order valence-corrected chi connectivity index (χ0v) is 17.0. The van der Waals surface area contributed by atoms with E-state index in [1.807, 2.05) is 79.7 Å². The lowest BCUT2D eigenvalue weighted by atomic mass is 9.88. The molecule has 1 aliphatic heterocycles. The zero-order chi connectivity index (χ0) is 21.3. The van der Waals surface area contributed by atoms with Gasteiger partial charge in [-0.1, -0.05) is 60.7 Å². The topological polar surface area (TPSA) is 69.7 Å². The summed E-state index contributed by atoms with van der Waals surface area (Å²) in [5, 5.41) is 4.68. The molecule has 6 heteroatoms. The van der Waals surface area contributed by atoms with Gasteiger partial charge in [0.15, 0.2) is 0 Å². The summed E-state index contributed by atoms with van der Waals surface area (Å²) in [5.74, 6) is -0.740. The number of urea groups is 1. The summed E-state index contributed by atoms with van der Waals surface area (Å²) in [6.45, 7) is 3.67. The Morgan fingerprint density at radius 3 is 2.37 bits per heavy atom. The number of amides is 4. The van der Waals surface area contributed by atoms with E-state index in [0.717, 1.165) is 21.4 Å². The molecule has 1 N–H and O–H groups in total. The Hall–Kier alpha value is -3.67. The molecule has 0 saturated carbocycles. The van der Waals surface area contributed by atoms with E-state index in [-0.39, 0.29) is 12.5 Å². The van der Waals surface area contributed by atoms with E-state index in [1.165, 1.54) is 0 Å². The fourth-order valence-electron chi connectivity index (χ4n) is 4.02. The van der Waals surface area contributed by atoms with Gasteiger partial charge in [-0.25, -0.2) is 4.79 Å². The molecule has 0 aromatic heterocycles. The molecule has 1 heterocycles. The molecule has 0 bridgehead atoms. The first-order chi connectivity index (χ1) is 14.5. The maximum Gasteiger partial charge on any atom is 0.325 e. The van der Waals surface area contributed by atoms with Gasteiger partial charge in [-0.05, 0) is 42.3 Å². The smallest absolute Gasteiger partial charge is 0.319 e. The van der Waals surface area contributed by atoms with Crippen molar-refractivity contribution in [3.63, 3.8) is 0 Å². The molecule has 4 amide bonds. The van der Waals surface area contributed by atoms with E-state index < -0.39 is 17.5 Å². The fraction of sp³-hybridized carbons (Fsp3) is 0.208. The molecule has 0 aliphatic carbocycles. The molecule has 3 aromatic carbocycles. The van der Waals surface area contributed by atoms with Gasteiger partial charge >= 0.3 is 6.03 Å². The average molecular weight is 401 g/mol. The summed E-state index contributed by atoms with van der Waals surface area (Å²) in [6, 6.07) is 22.0. The van der Waals surface area contributed by atoms with Crippen molar-refractivity contribution in [2.45, 2.75) is 19.4 Å². The van der Waals surface area contributed by atoms with E-state index in [9.17, 15) is 14.4 Å². The molecule has 152 valence electrons. The number of anilines is 1. The van der Waals surface area contributed by atoms with Crippen LogP contribution in [0, 0.1) is 0 Å². The van der Waals surface area contributed by atoms with Crippen molar-refractivity contribution in [1.29, 1.82) is 0 Å². The Morgan fingerprint density at radius 1 is 0.967 bits per heavy atom. The van der Waals surface area contributed by atoms with Crippen LogP contribution in [0.15, 0.2) is 72.8 Å². The summed E-state index contributed by atoms with van der Waals surface area (Å²) < 4.78 is 0. The number of imide groups is 1. The molecule has 30 heavy (non-hydrogen) atoms.